The summed E-state index contributed by atoms with van der Waals surface area (Å²) in [6.45, 7) is 4.51. The lowest BCUT2D eigenvalue weighted by Crippen LogP contribution is -1.99. The molecule has 1 nitrogen and oxygen atoms in total. The first-order valence-electron chi connectivity index (χ1n) is 4.75. The largest absolute Gasteiger partial charge is 0.301 e. The van der Waals surface area contributed by atoms with Crippen molar-refractivity contribution in [1.29, 1.82) is 0 Å². The molecule has 0 saturated carbocycles. The van der Waals surface area contributed by atoms with Gasteiger partial charge in [-0.15, -0.1) is 0 Å². The summed E-state index contributed by atoms with van der Waals surface area (Å²) in [4.78, 5) is 4.01. The highest BCUT2D eigenvalue weighted by molar-refractivity contribution is 5.57. The highest BCUT2D eigenvalue weighted by Gasteiger charge is 2.03. The normalized spacial score (nSPS) is 11.6. The summed E-state index contributed by atoms with van der Waals surface area (Å²) >= 11 is 0. The van der Waals surface area contributed by atoms with Crippen molar-refractivity contribution in [3.8, 4) is 0 Å². The van der Waals surface area contributed by atoms with E-state index in [9.17, 15) is 0 Å². The van der Waals surface area contributed by atoms with Crippen LogP contribution in [0.15, 0.2) is 4.99 Å². The Hall–Kier alpha value is -0.330. The van der Waals surface area contributed by atoms with Crippen LogP contribution in [-0.4, -0.2) is 13.3 Å². The summed E-state index contributed by atoms with van der Waals surface area (Å²) in [7, 11) is 1.86. The quantitative estimate of drug-likeness (QED) is 0.522. The Morgan fingerprint density at radius 3 is 2.09 bits per heavy atom. The van der Waals surface area contributed by atoms with Crippen LogP contribution in [0.25, 0.3) is 0 Å². The van der Waals surface area contributed by atoms with Crippen LogP contribution in [0.2, 0.25) is 0 Å². The van der Waals surface area contributed by atoms with Crippen LogP contribution < -0.4 is 0 Å². The van der Waals surface area contributed by atoms with E-state index in [1.165, 1.54) is 32.1 Å². The molecule has 0 unspecified atom stereocenters. The molecule has 0 aliphatic carbocycles. The summed E-state index contributed by atoms with van der Waals surface area (Å²) in [6.07, 6.45) is 8.57. The van der Waals surface area contributed by atoms with Gasteiger partial charge in [0.25, 0.3) is 0 Å². The van der Waals surface area contributed by atoms with E-state index >= 15 is 0 Å². The minimum Gasteiger partial charge on any atom is -0.301 e. The first-order valence-corrected chi connectivity index (χ1v) is 4.75. The highest BCUT2D eigenvalue weighted by Crippen LogP contribution is 2.15. The molecule has 1 heteroatoms. The third kappa shape index (κ3) is 6.08. The van der Waals surface area contributed by atoms with Crippen molar-refractivity contribution in [3.63, 3.8) is 0 Å². The molecule has 0 aliphatic rings. The Morgan fingerprint density at radius 2 is 1.73 bits per heavy atom. The monoisotopic (exact) mass is 155 g/mol. The molecule has 0 saturated heterocycles. The van der Waals surface area contributed by atoms with Gasteiger partial charge < -0.3 is 4.99 Å². The third-order valence-electron chi connectivity index (χ3n) is 2.02. The van der Waals surface area contributed by atoms with Crippen LogP contribution in [0.3, 0.4) is 0 Å². The summed E-state index contributed by atoms with van der Waals surface area (Å²) in [5.74, 6) is 0.883. The molecule has 0 aromatic rings. The van der Waals surface area contributed by atoms with Gasteiger partial charge in [0, 0.05) is 7.05 Å². The molecule has 0 N–H and O–H groups in total. The smallest absolute Gasteiger partial charge is 0.0273 e. The van der Waals surface area contributed by atoms with Crippen LogP contribution in [0.4, 0.5) is 0 Å². The van der Waals surface area contributed by atoms with Gasteiger partial charge in [0.2, 0.25) is 0 Å². The number of aliphatic imine (C=N–C) groups is 1. The van der Waals surface area contributed by atoms with E-state index in [0.717, 1.165) is 5.92 Å². The molecule has 0 radical (unpaired) electrons. The van der Waals surface area contributed by atoms with E-state index in [0.29, 0.717) is 0 Å². The number of nitrogens with zero attached hydrogens (tertiary/aromatic N) is 1. The lowest BCUT2D eigenvalue weighted by molar-refractivity contribution is 0.458. The maximum atomic E-state index is 4.01. The summed E-state index contributed by atoms with van der Waals surface area (Å²) in [6, 6.07) is 0. The average Bonchev–Trinajstić information content (AvgIpc) is 2.01. The van der Waals surface area contributed by atoms with Crippen LogP contribution in [0.1, 0.15) is 46.0 Å². The Morgan fingerprint density at radius 1 is 1.18 bits per heavy atom. The van der Waals surface area contributed by atoms with Crippen LogP contribution in [-0.2, 0) is 0 Å². The van der Waals surface area contributed by atoms with Crippen molar-refractivity contribution >= 4 is 6.21 Å². The van der Waals surface area contributed by atoms with Crippen LogP contribution in [0.5, 0.6) is 0 Å². The second-order valence-corrected chi connectivity index (χ2v) is 3.12. The fourth-order valence-corrected chi connectivity index (χ4v) is 1.45. The lowest BCUT2D eigenvalue weighted by Gasteiger charge is -2.11. The fourth-order valence-electron chi connectivity index (χ4n) is 1.45. The predicted molar refractivity (Wildman–Crippen MR) is 52.3 cm³/mol. The Kier molecular flexibility index (Phi) is 7.54. The Labute approximate surface area is 70.9 Å². The molecule has 0 amide bonds. The van der Waals surface area contributed by atoms with Crippen molar-refractivity contribution < 1.29 is 0 Å². The molecular formula is C10H21N. The zero-order chi connectivity index (χ0) is 8.53. The van der Waals surface area contributed by atoms with E-state index in [-0.39, 0.29) is 0 Å². The van der Waals surface area contributed by atoms with Gasteiger partial charge in [-0.25, -0.2) is 0 Å². The zero-order valence-electron chi connectivity index (χ0n) is 8.14. The molecule has 66 valence electrons. The first-order chi connectivity index (χ1) is 5.35. The minimum atomic E-state index is 0.883. The highest BCUT2D eigenvalue weighted by atomic mass is 14.6. The maximum absolute atomic E-state index is 4.01. The SMILES string of the molecule is CCCC(CC=NC)CCC. The number of rotatable bonds is 6. The van der Waals surface area contributed by atoms with Crippen molar-refractivity contribution in [3.05, 3.63) is 0 Å². The van der Waals surface area contributed by atoms with Crippen molar-refractivity contribution in [2.24, 2.45) is 10.9 Å². The van der Waals surface area contributed by atoms with E-state index in [1.807, 2.05) is 7.05 Å². The average molecular weight is 155 g/mol. The van der Waals surface area contributed by atoms with E-state index in [1.54, 1.807) is 0 Å². The van der Waals surface area contributed by atoms with Gasteiger partial charge in [0.05, 0.1) is 0 Å². The molecule has 0 heterocycles. The molecule has 0 aliphatic heterocycles. The van der Waals surface area contributed by atoms with Crippen molar-refractivity contribution in [1.82, 2.24) is 0 Å². The molecular weight excluding hydrogens is 134 g/mol. The van der Waals surface area contributed by atoms with E-state index < -0.39 is 0 Å². The summed E-state index contributed by atoms with van der Waals surface area (Å²) < 4.78 is 0. The standard InChI is InChI=1S/C10H21N/c1-4-6-10(7-5-2)8-9-11-3/h9-10H,4-8H2,1-3H3. The van der Waals surface area contributed by atoms with Gasteiger partial charge in [-0.05, 0) is 18.6 Å². The van der Waals surface area contributed by atoms with Crippen molar-refractivity contribution in [2.45, 2.75) is 46.0 Å². The molecule has 0 aromatic carbocycles. The zero-order valence-corrected chi connectivity index (χ0v) is 8.14. The van der Waals surface area contributed by atoms with Gasteiger partial charge in [0.15, 0.2) is 0 Å². The number of hydrogen-bond acceptors (Lipinski definition) is 1. The van der Waals surface area contributed by atoms with E-state index in [2.05, 4.69) is 25.1 Å². The lowest BCUT2D eigenvalue weighted by atomic mass is 9.95. The van der Waals surface area contributed by atoms with Crippen molar-refractivity contribution in [2.75, 3.05) is 7.05 Å². The molecule has 0 aromatic heterocycles. The van der Waals surface area contributed by atoms with Crippen LogP contribution >= 0.6 is 0 Å². The van der Waals surface area contributed by atoms with Gasteiger partial charge in [0.1, 0.15) is 0 Å². The first kappa shape index (κ1) is 10.7. The third-order valence-corrected chi connectivity index (χ3v) is 2.02. The second-order valence-electron chi connectivity index (χ2n) is 3.12. The van der Waals surface area contributed by atoms with Gasteiger partial charge >= 0.3 is 0 Å². The molecule has 0 rings (SSSR count). The molecule has 0 bridgehead atoms. The van der Waals surface area contributed by atoms with Crippen LogP contribution in [0, 0.1) is 5.92 Å². The Bertz CT molecular complexity index is 91.0. The molecule has 0 spiro atoms. The molecule has 11 heavy (non-hydrogen) atoms. The second kappa shape index (κ2) is 7.77. The van der Waals surface area contributed by atoms with Gasteiger partial charge in [-0.1, -0.05) is 39.5 Å². The maximum Gasteiger partial charge on any atom is 0.0273 e. The van der Waals surface area contributed by atoms with Gasteiger partial charge in [-0.2, -0.15) is 0 Å². The Balaban J connectivity index is 3.50. The minimum absolute atomic E-state index is 0.883. The molecule has 0 atom stereocenters. The summed E-state index contributed by atoms with van der Waals surface area (Å²) in [5.41, 5.74) is 0. The molecule has 0 fully saturated rings. The topological polar surface area (TPSA) is 12.4 Å². The predicted octanol–water partition coefficient (Wildman–Crippen LogP) is 3.29. The fraction of sp³-hybridized carbons (Fsp3) is 0.900. The van der Waals surface area contributed by atoms with E-state index in [4.69, 9.17) is 0 Å². The number of hydrogen-bond donors (Lipinski definition) is 0. The summed E-state index contributed by atoms with van der Waals surface area (Å²) in [5, 5.41) is 0. The van der Waals surface area contributed by atoms with Gasteiger partial charge in [-0.3, -0.25) is 0 Å².